The molecule has 2 rings (SSSR count). The van der Waals surface area contributed by atoms with Gasteiger partial charge in [0.05, 0.1) is 32.3 Å². The first-order valence-corrected chi connectivity index (χ1v) is 9.14. The van der Waals surface area contributed by atoms with Crippen LogP contribution in [0.1, 0.15) is 43.7 Å². The molecule has 0 fully saturated rings. The molecule has 0 bridgehead atoms. The summed E-state index contributed by atoms with van der Waals surface area (Å²) in [4.78, 5) is 12.8. The zero-order valence-corrected chi connectivity index (χ0v) is 16.9. The number of methoxy groups -OCH3 is 2. The van der Waals surface area contributed by atoms with E-state index in [1.807, 2.05) is 13.8 Å². The highest BCUT2D eigenvalue weighted by Gasteiger charge is 2.39. The molecule has 1 aliphatic heterocycles. The third kappa shape index (κ3) is 3.77. The predicted octanol–water partition coefficient (Wildman–Crippen LogP) is 3.44. The molecule has 0 amide bonds. The molecule has 7 nitrogen and oxygen atoms in total. The first kappa shape index (κ1) is 21.2. The number of hydrogen-bond donors (Lipinski definition) is 1. The Morgan fingerprint density at radius 2 is 2.00 bits per heavy atom. The van der Waals surface area contributed by atoms with Crippen LogP contribution in [-0.4, -0.2) is 26.8 Å². The summed E-state index contributed by atoms with van der Waals surface area (Å²) in [6.45, 7) is 5.74. The van der Waals surface area contributed by atoms with Crippen LogP contribution in [0.15, 0.2) is 34.9 Å². The van der Waals surface area contributed by atoms with Crippen molar-refractivity contribution in [1.29, 1.82) is 5.26 Å². The molecule has 1 aliphatic rings. The Hall–Kier alpha value is -3.14. The lowest BCUT2D eigenvalue weighted by atomic mass is 9.81. The van der Waals surface area contributed by atoms with Gasteiger partial charge in [-0.2, -0.15) is 5.26 Å². The number of nitriles is 1. The molecule has 0 saturated heterocycles. The first-order valence-electron chi connectivity index (χ1n) is 9.14. The van der Waals surface area contributed by atoms with Gasteiger partial charge in [0, 0.05) is 17.5 Å². The zero-order chi connectivity index (χ0) is 20.8. The monoisotopic (exact) mass is 386 g/mol. The van der Waals surface area contributed by atoms with Gasteiger partial charge in [0.2, 0.25) is 5.88 Å². The number of allylic oxidation sites excluding steroid dienone is 2. The Kier molecular flexibility index (Phi) is 6.94. The normalized spacial score (nSPS) is 16.4. The molecule has 2 N–H and O–H groups in total. The van der Waals surface area contributed by atoms with Crippen molar-refractivity contribution in [2.45, 2.75) is 39.5 Å². The Labute approximate surface area is 165 Å². The van der Waals surface area contributed by atoms with E-state index in [2.05, 4.69) is 6.07 Å². The molecule has 0 spiro atoms. The number of ether oxygens (including phenoxy) is 4. The molecular weight excluding hydrogens is 360 g/mol. The highest BCUT2D eigenvalue weighted by molar-refractivity contribution is 5.93. The standard InChI is InChI=1S/C21H26N2O5/c1-6-8-16-18(21(24)27-7-2)17(14(11-22)20(23)28-16)13-9-10-15(25-4)12(3)19(13)26-5/h9-10,17H,6-8,23H2,1-5H3/t17-/m1/s1. The largest absolute Gasteiger partial charge is 0.496 e. The summed E-state index contributed by atoms with van der Waals surface area (Å²) in [6, 6.07) is 5.64. The van der Waals surface area contributed by atoms with Crippen molar-refractivity contribution in [1.82, 2.24) is 0 Å². The summed E-state index contributed by atoms with van der Waals surface area (Å²) < 4.78 is 21.9. The van der Waals surface area contributed by atoms with Gasteiger partial charge in [0.15, 0.2) is 0 Å². The molecule has 1 aromatic carbocycles. The summed E-state index contributed by atoms with van der Waals surface area (Å²) >= 11 is 0. The first-order chi connectivity index (χ1) is 13.4. The maximum Gasteiger partial charge on any atom is 0.338 e. The van der Waals surface area contributed by atoms with Crippen LogP contribution in [-0.2, 0) is 14.3 Å². The Morgan fingerprint density at radius 1 is 1.29 bits per heavy atom. The minimum Gasteiger partial charge on any atom is -0.496 e. The van der Waals surface area contributed by atoms with E-state index in [1.54, 1.807) is 26.2 Å². The summed E-state index contributed by atoms with van der Waals surface area (Å²) in [5, 5.41) is 9.76. The summed E-state index contributed by atoms with van der Waals surface area (Å²) in [5.74, 6) is 0.270. The van der Waals surface area contributed by atoms with E-state index in [4.69, 9.17) is 24.7 Å². The van der Waals surface area contributed by atoms with E-state index < -0.39 is 11.9 Å². The highest BCUT2D eigenvalue weighted by Crippen LogP contribution is 2.46. The number of rotatable bonds is 7. The van der Waals surface area contributed by atoms with Crippen molar-refractivity contribution >= 4 is 5.97 Å². The number of nitrogens with two attached hydrogens (primary N) is 1. The van der Waals surface area contributed by atoms with Crippen molar-refractivity contribution < 1.29 is 23.7 Å². The van der Waals surface area contributed by atoms with E-state index in [0.717, 1.165) is 12.0 Å². The molecule has 0 radical (unpaired) electrons. The van der Waals surface area contributed by atoms with Crippen molar-refractivity contribution in [2.24, 2.45) is 5.73 Å². The molecule has 7 heteroatoms. The van der Waals surface area contributed by atoms with Crippen LogP contribution in [0.2, 0.25) is 0 Å². The van der Waals surface area contributed by atoms with Crippen LogP contribution in [0, 0.1) is 18.3 Å². The van der Waals surface area contributed by atoms with Gasteiger partial charge in [-0.1, -0.05) is 13.0 Å². The maximum absolute atomic E-state index is 12.8. The van der Waals surface area contributed by atoms with E-state index in [9.17, 15) is 10.1 Å². The van der Waals surface area contributed by atoms with Gasteiger partial charge in [0.25, 0.3) is 0 Å². The van der Waals surface area contributed by atoms with Crippen molar-refractivity contribution in [2.75, 3.05) is 20.8 Å². The van der Waals surface area contributed by atoms with Gasteiger partial charge in [0.1, 0.15) is 28.9 Å². The van der Waals surface area contributed by atoms with Crippen LogP contribution in [0.4, 0.5) is 0 Å². The van der Waals surface area contributed by atoms with Crippen LogP contribution in [0.3, 0.4) is 0 Å². The third-order valence-corrected chi connectivity index (χ3v) is 4.59. The predicted molar refractivity (Wildman–Crippen MR) is 104 cm³/mol. The number of carbonyl (C=O) groups excluding carboxylic acids is 1. The van der Waals surface area contributed by atoms with Gasteiger partial charge < -0.3 is 24.7 Å². The Bertz CT molecular complexity index is 864. The lowest BCUT2D eigenvalue weighted by Crippen LogP contribution is -2.26. The molecule has 0 aliphatic carbocycles. The van der Waals surface area contributed by atoms with Crippen LogP contribution in [0.5, 0.6) is 11.5 Å². The second-order valence-electron chi connectivity index (χ2n) is 6.25. The molecule has 0 aromatic heterocycles. The minimum atomic E-state index is -0.751. The van der Waals surface area contributed by atoms with Gasteiger partial charge in [-0.15, -0.1) is 0 Å². The highest BCUT2D eigenvalue weighted by atomic mass is 16.5. The number of benzene rings is 1. The average Bonchev–Trinajstić information content (AvgIpc) is 2.67. The lowest BCUT2D eigenvalue weighted by molar-refractivity contribution is -0.139. The topological polar surface area (TPSA) is 104 Å². The quantitative estimate of drug-likeness (QED) is 0.716. The fourth-order valence-corrected chi connectivity index (χ4v) is 3.39. The number of esters is 1. The summed E-state index contributed by atoms with van der Waals surface area (Å²) in [7, 11) is 3.10. The zero-order valence-electron chi connectivity index (χ0n) is 16.9. The molecule has 0 unspecified atom stereocenters. The molecule has 150 valence electrons. The van der Waals surface area contributed by atoms with Crippen molar-refractivity contribution in [3.05, 3.63) is 46.0 Å². The molecule has 0 saturated carbocycles. The Balaban J connectivity index is 2.80. The fraction of sp³-hybridized carbons (Fsp3) is 0.429. The van der Waals surface area contributed by atoms with Crippen LogP contribution < -0.4 is 15.2 Å². The van der Waals surface area contributed by atoms with E-state index in [-0.39, 0.29) is 23.6 Å². The van der Waals surface area contributed by atoms with Gasteiger partial charge in [-0.05, 0) is 26.3 Å². The van der Waals surface area contributed by atoms with E-state index in [0.29, 0.717) is 29.2 Å². The molecular formula is C21H26N2O5. The molecule has 28 heavy (non-hydrogen) atoms. The Morgan fingerprint density at radius 3 is 2.54 bits per heavy atom. The smallest absolute Gasteiger partial charge is 0.338 e. The second-order valence-corrected chi connectivity index (χ2v) is 6.25. The molecule has 1 aromatic rings. The average molecular weight is 386 g/mol. The van der Waals surface area contributed by atoms with E-state index in [1.165, 1.54) is 7.11 Å². The van der Waals surface area contributed by atoms with Crippen molar-refractivity contribution in [3.63, 3.8) is 0 Å². The summed E-state index contributed by atoms with van der Waals surface area (Å²) in [5.41, 5.74) is 7.84. The number of hydrogen-bond acceptors (Lipinski definition) is 7. The number of nitrogens with zero attached hydrogens (tertiary/aromatic N) is 1. The lowest BCUT2D eigenvalue weighted by Gasteiger charge is -2.29. The van der Waals surface area contributed by atoms with Gasteiger partial charge >= 0.3 is 5.97 Å². The third-order valence-electron chi connectivity index (χ3n) is 4.59. The van der Waals surface area contributed by atoms with Crippen LogP contribution in [0.25, 0.3) is 0 Å². The molecule has 1 atom stereocenters. The number of carbonyl (C=O) groups is 1. The SMILES string of the molecule is CCCC1=C(C(=O)OCC)[C@H](c2ccc(OC)c(C)c2OC)C(C#N)=C(N)O1. The fourth-order valence-electron chi connectivity index (χ4n) is 3.39. The van der Waals surface area contributed by atoms with E-state index >= 15 is 0 Å². The second kappa shape index (κ2) is 9.18. The van der Waals surface area contributed by atoms with Gasteiger partial charge in [-0.25, -0.2) is 4.79 Å². The van der Waals surface area contributed by atoms with Gasteiger partial charge in [-0.3, -0.25) is 0 Å². The van der Waals surface area contributed by atoms with Crippen LogP contribution >= 0.6 is 0 Å². The molecule has 1 heterocycles. The van der Waals surface area contributed by atoms with Crippen molar-refractivity contribution in [3.8, 4) is 17.6 Å². The maximum atomic E-state index is 12.8. The minimum absolute atomic E-state index is 0.0143. The summed E-state index contributed by atoms with van der Waals surface area (Å²) in [6.07, 6.45) is 1.22.